The molecule has 1 N–H and O–H groups in total. The molecule has 1 aromatic rings. The van der Waals surface area contributed by atoms with E-state index >= 15 is 0 Å². The van der Waals surface area contributed by atoms with Crippen LogP contribution in [0, 0.1) is 0 Å². The van der Waals surface area contributed by atoms with Crippen molar-refractivity contribution >= 4 is 21.8 Å². The van der Waals surface area contributed by atoms with Gasteiger partial charge in [0.05, 0.1) is 5.56 Å². The van der Waals surface area contributed by atoms with Crippen LogP contribution in [0.3, 0.4) is 0 Å². The average Bonchev–Trinajstić information content (AvgIpc) is 2.75. The van der Waals surface area contributed by atoms with Gasteiger partial charge in [-0.3, -0.25) is 4.79 Å². The van der Waals surface area contributed by atoms with Crippen molar-refractivity contribution in [1.29, 1.82) is 0 Å². The molecule has 1 saturated heterocycles. The van der Waals surface area contributed by atoms with Crippen LogP contribution in [0.2, 0.25) is 0 Å². The molecule has 0 aliphatic carbocycles. The molecule has 19 heavy (non-hydrogen) atoms. The Hall–Kier alpha value is -1.07. The molecular weight excluding hydrogens is 308 g/mol. The average molecular weight is 327 g/mol. The molecule has 4 nitrogen and oxygen atoms in total. The van der Waals surface area contributed by atoms with Crippen LogP contribution in [0.1, 0.15) is 23.2 Å². The molecule has 1 aliphatic rings. The lowest BCUT2D eigenvalue weighted by atomic mass is 10.1. The number of aromatic hydroxyl groups is 1. The van der Waals surface area contributed by atoms with E-state index in [0.717, 1.165) is 30.4 Å². The number of likely N-dealkylation sites (N-methyl/N-ethyl adjacent to an activating group) is 1. The number of rotatable bonds is 3. The zero-order chi connectivity index (χ0) is 14.0. The predicted molar refractivity (Wildman–Crippen MR) is 78.4 cm³/mol. The number of benzene rings is 1. The van der Waals surface area contributed by atoms with Crippen molar-refractivity contribution in [3.8, 4) is 5.75 Å². The van der Waals surface area contributed by atoms with Crippen molar-refractivity contribution < 1.29 is 9.90 Å². The van der Waals surface area contributed by atoms with E-state index in [-0.39, 0.29) is 17.7 Å². The molecule has 0 aromatic heterocycles. The molecule has 1 aliphatic heterocycles. The van der Waals surface area contributed by atoms with Crippen molar-refractivity contribution in [3.05, 3.63) is 28.2 Å². The Balaban J connectivity index is 2.18. The first-order valence-electron chi connectivity index (χ1n) is 6.43. The summed E-state index contributed by atoms with van der Waals surface area (Å²) in [5.74, 6) is -0.0378. The van der Waals surface area contributed by atoms with Crippen LogP contribution in [0.25, 0.3) is 0 Å². The van der Waals surface area contributed by atoms with E-state index in [1.165, 1.54) is 0 Å². The lowest BCUT2D eigenvalue weighted by molar-refractivity contribution is 0.0713. The van der Waals surface area contributed by atoms with Crippen LogP contribution >= 0.6 is 15.9 Å². The lowest BCUT2D eigenvalue weighted by Crippen LogP contribution is -2.41. The lowest BCUT2D eigenvalue weighted by Gasteiger charge is -2.27. The maximum atomic E-state index is 12.5. The number of halogens is 1. The molecule has 0 radical (unpaired) electrons. The first kappa shape index (κ1) is 14.3. The van der Waals surface area contributed by atoms with Crippen molar-refractivity contribution in [1.82, 2.24) is 9.80 Å². The fourth-order valence-corrected chi connectivity index (χ4v) is 2.90. The Morgan fingerprint density at radius 3 is 2.89 bits per heavy atom. The summed E-state index contributed by atoms with van der Waals surface area (Å²) >= 11 is 3.28. The molecule has 104 valence electrons. The Kier molecular flexibility index (Phi) is 4.47. The van der Waals surface area contributed by atoms with Crippen LogP contribution < -0.4 is 0 Å². The zero-order valence-corrected chi connectivity index (χ0v) is 12.9. The summed E-state index contributed by atoms with van der Waals surface area (Å²) < 4.78 is 0.771. The molecule has 5 heteroatoms. The van der Waals surface area contributed by atoms with Crippen molar-refractivity contribution in [3.63, 3.8) is 0 Å². The van der Waals surface area contributed by atoms with Crippen LogP contribution in [-0.4, -0.2) is 54.0 Å². The Labute approximate surface area is 122 Å². The number of phenols is 1. The topological polar surface area (TPSA) is 43.8 Å². The summed E-state index contributed by atoms with van der Waals surface area (Å²) in [4.78, 5) is 16.5. The minimum Gasteiger partial charge on any atom is -0.507 e. The van der Waals surface area contributed by atoms with Crippen LogP contribution in [0.4, 0.5) is 0 Å². The Morgan fingerprint density at radius 2 is 2.26 bits per heavy atom. The molecule has 0 spiro atoms. The summed E-state index contributed by atoms with van der Waals surface area (Å²) in [6.07, 6.45) is 2.06. The fraction of sp³-hybridized carbons (Fsp3) is 0.500. The van der Waals surface area contributed by atoms with E-state index in [1.807, 2.05) is 19.0 Å². The quantitative estimate of drug-likeness (QED) is 0.927. The molecule has 1 fully saturated rings. The van der Waals surface area contributed by atoms with E-state index < -0.39 is 0 Å². The van der Waals surface area contributed by atoms with E-state index in [9.17, 15) is 9.90 Å². The Bertz CT molecular complexity index is 477. The van der Waals surface area contributed by atoms with E-state index in [1.54, 1.807) is 18.2 Å². The fourth-order valence-electron chi connectivity index (χ4n) is 2.55. The maximum absolute atomic E-state index is 12.5. The summed E-state index contributed by atoms with van der Waals surface area (Å²) in [5.41, 5.74) is 0.383. The molecule has 1 atom stereocenters. The second kappa shape index (κ2) is 5.92. The number of carbonyl (C=O) groups excluding carboxylic acids is 1. The first-order valence-corrected chi connectivity index (χ1v) is 7.22. The second-order valence-electron chi connectivity index (χ2n) is 5.22. The summed E-state index contributed by atoms with van der Waals surface area (Å²) in [6, 6.07) is 5.26. The highest BCUT2D eigenvalue weighted by molar-refractivity contribution is 9.10. The van der Waals surface area contributed by atoms with Gasteiger partial charge in [0.15, 0.2) is 0 Å². The SMILES string of the molecule is CN(C)CC1CCCN1C(=O)c1ccc(Br)cc1O. The number of carbonyl (C=O) groups is 1. The number of phenolic OH excluding ortho intramolecular Hbond substituents is 1. The monoisotopic (exact) mass is 326 g/mol. The first-order chi connectivity index (χ1) is 8.99. The van der Waals surface area contributed by atoms with Gasteiger partial charge in [0, 0.05) is 23.6 Å². The molecule has 1 aromatic carbocycles. The standard InChI is InChI=1S/C14H19BrN2O2/c1-16(2)9-11-4-3-7-17(11)14(19)12-6-5-10(15)8-13(12)18/h5-6,8,11,18H,3-4,7,9H2,1-2H3. The van der Waals surface area contributed by atoms with Gasteiger partial charge in [0.25, 0.3) is 5.91 Å². The minimum atomic E-state index is -0.0747. The number of hydrogen-bond acceptors (Lipinski definition) is 3. The highest BCUT2D eigenvalue weighted by Crippen LogP contribution is 2.27. The van der Waals surface area contributed by atoms with Gasteiger partial charge in [0.2, 0.25) is 0 Å². The molecule has 0 saturated carbocycles. The molecule has 1 heterocycles. The summed E-state index contributed by atoms with van der Waals surface area (Å²) in [7, 11) is 4.02. The number of hydrogen-bond donors (Lipinski definition) is 1. The third kappa shape index (κ3) is 3.28. The van der Waals surface area contributed by atoms with Crippen LogP contribution in [0.15, 0.2) is 22.7 Å². The van der Waals surface area contributed by atoms with Gasteiger partial charge < -0.3 is 14.9 Å². The number of amides is 1. The largest absolute Gasteiger partial charge is 0.507 e. The summed E-state index contributed by atoms with van der Waals surface area (Å²) in [6.45, 7) is 1.63. The van der Waals surface area contributed by atoms with Gasteiger partial charge in [-0.2, -0.15) is 0 Å². The number of nitrogens with zero attached hydrogens (tertiary/aromatic N) is 2. The number of likely N-dealkylation sites (tertiary alicyclic amines) is 1. The zero-order valence-electron chi connectivity index (χ0n) is 11.3. The third-order valence-electron chi connectivity index (χ3n) is 3.40. The molecule has 0 bridgehead atoms. The van der Waals surface area contributed by atoms with Crippen LogP contribution in [0.5, 0.6) is 5.75 Å². The summed E-state index contributed by atoms with van der Waals surface area (Å²) in [5, 5.41) is 9.90. The van der Waals surface area contributed by atoms with Crippen LogP contribution in [-0.2, 0) is 0 Å². The van der Waals surface area contributed by atoms with Crippen molar-refractivity contribution in [2.75, 3.05) is 27.2 Å². The third-order valence-corrected chi connectivity index (χ3v) is 3.90. The van der Waals surface area contributed by atoms with Gasteiger partial charge in [-0.15, -0.1) is 0 Å². The van der Waals surface area contributed by atoms with Crippen molar-refractivity contribution in [2.24, 2.45) is 0 Å². The highest BCUT2D eigenvalue weighted by atomic mass is 79.9. The van der Waals surface area contributed by atoms with Gasteiger partial charge in [-0.1, -0.05) is 15.9 Å². The van der Waals surface area contributed by atoms with Crippen molar-refractivity contribution in [2.45, 2.75) is 18.9 Å². The smallest absolute Gasteiger partial charge is 0.257 e. The maximum Gasteiger partial charge on any atom is 0.257 e. The molecular formula is C14H19BrN2O2. The Morgan fingerprint density at radius 1 is 1.53 bits per heavy atom. The minimum absolute atomic E-state index is 0.0369. The van der Waals surface area contributed by atoms with E-state index in [4.69, 9.17) is 0 Å². The van der Waals surface area contributed by atoms with Gasteiger partial charge >= 0.3 is 0 Å². The predicted octanol–water partition coefficient (Wildman–Crippen LogP) is 2.32. The second-order valence-corrected chi connectivity index (χ2v) is 6.13. The van der Waals surface area contributed by atoms with Gasteiger partial charge in [-0.05, 0) is 45.1 Å². The molecule has 1 unspecified atom stereocenters. The molecule has 1 amide bonds. The highest BCUT2D eigenvalue weighted by Gasteiger charge is 2.30. The van der Waals surface area contributed by atoms with E-state index in [0.29, 0.717) is 5.56 Å². The van der Waals surface area contributed by atoms with Gasteiger partial charge in [-0.25, -0.2) is 0 Å². The molecule has 2 rings (SSSR count). The normalized spacial score (nSPS) is 19.2. The van der Waals surface area contributed by atoms with E-state index in [2.05, 4.69) is 20.8 Å². The van der Waals surface area contributed by atoms with Gasteiger partial charge in [0.1, 0.15) is 5.75 Å².